The molecule has 0 spiro atoms. The van der Waals surface area contributed by atoms with Crippen LogP contribution in [0.4, 0.5) is 11.4 Å². The van der Waals surface area contributed by atoms with E-state index in [0.717, 1.165) is 18.8 Å². The Balaban J connectivity index is 1.18. The van der Waals surface area contributed by atoms with Crippen molar-refractivity contribution in [2.75, 3.05) is 49.8 Å². The van der Waals surface area contributed by atoms with Gasteiger partial charge in [-0.2, -0.15) is 0 Å². The molecule has 1 N–H and O–H groups in total. The molecule has 2 aliphatic rings. The topological polar surface area (TPSA) is 80.3 Å². The zero-order chi connectivity index (χ0) is 23.3. The monoisotopic (exact) mass is 459 g/mol. The molecular weight excluding hydrogens is 434 g/mol. The van der Waals surface area contributed by atoms with Crippen LogP contribution >= 0.6 is 0 Å². The van der Waals surface area contributed by atoms with Gasteiger partial charge in [0.1, 0.15) is 5.75 Å². The van der Waals surface area contributed by atoms with Crippen molar-refractivity contribution in [3.63, 3.8) is 0 Å². The Bertz CT molecular complexity index is 1180. The molecule has 0 aliphatic carbocycles. The van der Waals surface area contributed by atoms with E-state index < -0.39 is 0 Å². The summed E-state index contributed by atoms with van der Waals surface area (Å²) in [5.74, 6) is 1.28. The highest BCUT2D eigenvalue weighted by molar-refractivity contribution is 6.04. The molecule has 5 rings (SSSR count). The highest BCUT2D eigenvalue weighted by Crippen LogP contribution is 2.35. The quantitative estimate of drug-likeness (QED) is 0.609. The third-order valence-corrected chi connectivity index (χ3v) is 5.83. The van der Waals surface area contributed by atoms with Gasteiger partial charge in [0.05, 0.1) is 11.3 Å². The van der Waals surface area contributed by atoms with Crippen LogP contribution in [0.5, 0.6) is 17.2 Å². The number of anilines is 2. The van der Waals surface area contributed by atoms with Gasteiger partial charge < -0.3 is 29.3 Å². The van der Waals surface area contributed by atoms with Gasteiger partial charge in [-0.3, -0.25) is 9.59 Å². The van der Waals surface area contributed by atoms with Crippen molar-refractivity contribution in [1.82, 2.24) is 4.90 Å². The maximum absolute atomic E-state index is 13.2. The molecule has 0 bridgehead atoms. The van der Waals surface area contributed by atoms with Crippen molar-refractivity contribution in [3.05, 3.63) is 78.4 Å². The van der Waals surface area contributed by atoms with Gasteiger partial charge in [0.25, 0.3) is 11.8 Å². The molecule has 0 unspecified atom stereocenters. The summed E-state index contributed by atoms with van der Waals surface area (Å²) in [7, 11) is 0. The van der Waals surface area contributed by atoms with Crippen molar-refractivity contribution < 1.29 is 23.8 Å². The molecule has 3 aromatic carbocycles. The van der Waals surface area contributed by atoms with Crippen LogP contribution in [0.3, 0.4) is 0 Å². The highest BCUT2D eigenvalue weighted by Gasteiger charge is 2.24. The SMILES string of the molecule is O=C(COc1ccc2c(c1)OCO2)Nc1ccccc1C(=O)N1CCN(c2ccccc2)CC1. The summed E-state index contributed by atoms with van der Waals surface area (Å²) in [5, 5.41) is 2.81. The number of para-hydroxylation sites is 2. The average molecular weight is 460 g/mol. The van der Waals surface area contributed by atoms with Gasteiger partial charge in [-0.05, 0) is 36.4 Å². The molecule has 1 saturated heterocycles. The third kappa shape index (κ3) is 4.76. The van der Waals surface area contributed by atoms with Gasteiger partial charge in [0.15, 0.2) is 18.1 Å². The molecule has 8 heteroatoms. The normalized spacial score (nSPS) is 14.6. The van der Waals surface area contributed by atoms with E-state index in [-0.39, 0.29) is 25.2 Å². The lowest BCUT2D eigenvalue weighted by atomic mass is 10.1. The second-order valence-corrected chi connectivity index (χ2v) is 8.01. The Morgan fingerprint density at radius 1 is 0.853 bits per heavy atom. The Morgan fingerprint density at radius 3 is 2.41 bits per heavy atom. The molecule has 0 aromatic heterocycles. The fraction of sp³-hybridized carbons (Fsp3) is 0.231. The Hall–Kier alpha value is -4.20. The molecule has 2 aliphatic heterocycles. The largest absolute Gasteiger partial charge is 0.484 e. The number of hydrogen-bond acceptors (Lipinski definition) is 6. The second-order valence-electron chi connectivity index (χ2n) is 8.01. The Kier molecular flexibility index (Phi) is 6.20. The first-order valence-electron chi connectivity index (χ1n) is 11.2. The number of nitrogens with zero attached hydrogens (tertiary/aromatic N) is 2. The van der Waals surface area contributed by atoms with Crippen LogP contribution in [0.25, 0.3) is 0 Å². The number of amides is 2. The van der Waals surface area contributed by atoms with Gasteiger partial charge in [-0.1, -0.05) is 30.3 Å². The van der Waals surface area contributed by atoms with E-state index >= 15 is 0 Å². The minimum absolute atomic E-state index is 0.0969. The van der Waals surface area contributed by atoms with Gasteiger partial charge in [0.2, 0.25) is 6.79 Å². The van der Waals surface area contributed by atoms with E-state index in [4.69, 9.17) is 14.2 Å². The minimum Gasteiger partial charge on any atom is -0.484 e. The molecule has 0 atom stereocenters. The first-order chi connectivity index (χ1) is 16.7. The maximum atomic E-state index is 13.2. The predicted octanol–water partition coefficient (Wildman–Crippen LogP) is 3.40. The smallest absolute Gasteiger partial charge is 0.262 e. The molecule has 174 valence electrons. The van der Waals surface area contributed by atoms with E-state index in [2.05, 4.69) is 22.3 Å². The fourth-order valence-electron chi connectivity index (χ4n) is 4.06. The van der Waals surface area contributed by atoms with Crippen LogP contribution < -0.4 is 24.4 Å². The van der Waals surface area contributed by atoms with Gasteiger partial charge in [-0.25, -0.2) is 0 Å². The molecule has 1 fully saturated rings. The number of fused-ring (bicyclic) bond motifs is 1. The maximum Gasteiger partial charge on any atom is 0.262 e. The van der Waals surface area contributed by atoms with Gasteiger partial charge >= 0.3 is 0 Å². The van der Waals surface area contributed by atoms with Crippen LogP contribution in [0.2, 0.25) is 0 Å². The first kappa shape index (κ1) is 21.6. The summed E-state index contributed by atoms with van der Waals surface area (Å²) >= 11 is 0. The number of rotatable bonds is 6. The molecule has 2 heterocycles. The van der Waals surface area contributed by atoms with Crippen LogP contribution in [0, 0.1) is 0 Å². The minimum atomic E-state index is -0.355. The molecule has 8 nitrogen and oxygen atoms in total. The average Bonchev–Trinajstić information content (AvgIpc) is 3.36. The summed E-state index contributed by atoms with van der Waals surface area (Å²) in [5.41, 5.74) is 2.09. The predicted molar refractivity (Wildman–Crippen MR) is 128 cm³/mol. The van der Waals surface area contributed by atoms with E-state index in [9.17, 15) is 9.59 Å². The second kappa shape index (κ2) is 9.74. The summed E-state index contributed by atoms with van der Waals surface area (Å²) in [6.07, 6.45) is 0. The van der Waals surface area contributed by atoms with Crippen molar-refractivity contribution in [2.24, 2.45) is 0 Å². The Labute approximate surface area is 197 Å². The Morgan fingerprint density at radius 2 is 1.59 bits per heavy atom. The number of nitrogens with one attached hydrogen (secondary N) is 1. The highest BCUT2D eigenvalue weighted by atomic mass is 16.7. The van der Waals surface area contributed by atoms with E-state index in [1.807, 2.05) is 23.1 Å². The molecule has 0 saturated carbocycles. The lowest BCUT2D eigenvalue weighted by molar-refractivity contribution is -0.118. The van der Waals surface area contributed by atoms with E-state index in [1.165, 1.54) is 0 Å². The molecular formula is C26H25N3O5. The molecule has 3 aromatic rings. The summed E-state index contributed by atoms with van der Waals surface area (Å²) in [4.78, 5) is 29.9. The number of benzene rings is 3. The number of carbonyl (C=O) groups excluding carboxylic acids is 2. The van der Waals surface area contributed by atoms with Crippen LogP contribution in [-0.2, 0) is 4.79 Å². The third-order valence-electron chi connectivity index (χ3n) is 5.83. The van der Waals surface area contributed by atoms with Gasteiger partial charge in [0, 0.05) is 37.9 Å². The van der Waals surface area contributed by atoms with E-state index in [1.54, 1.807) is 42.5 Å². The van der Waals surface area contributed by atoms with Crippen molar-refractivity contribution in [2.45, 2.75) is 0 Å². The van der Waals surface area contributed by atoms with Crippen LogP contribution in [-0.4, -0.2) is 56.3 Å². The van der Waals surface area contributed by atoms with Gasteiger partial charge in [-0.15, -0.1) is 0 Å². The molecule has 2 amide bonds. The lowest BCUT2D eigenvalue weighted by Crippen LogP contribution is -2.49. The lowest BCUT2D eigenvalue weighted by Gasteiger charge is -2.36. The van der Waals surface area contributed by atoms with Crippen LogP contribution in [0.15, 0.2) is 72.8 Å². The van der Waals surface area contributed by atoms with Crippen molar-refractivity contribution in [3.8, 4) is 17.2 Å². The number of piperazine rings is 1. The number of hydrogen-bond donors (Lipinski definition) is 1. The first-order valence-corrected chi connectivity index (χ1v) is 11.2. The number of ether oxygens (including phenoxy) is 3. The summed E-state index contributed by atoms with van der Waals surface area (Å²) < 4.78 is 16.2. The van der Waals surface area contributed by atoms with Crippen molar-refractivity contribution >= 4 is 23.2 Å². The van der Waals surface area contributed by atoms with Crippen molar-refractivity contribution in [1.29, 1.82) is 0 Å². The number of carbonyl (C=O) groups is 2. The fourth-order valence-corrected chi connectivity index (χ4v) is 4.06. The zero-order valence-electron chi connectivity index (χ0n) is 18.6. The molecule has 0 radical (unpaired) electrons. The summed E-state index contributed by atoms with van der Waals surface area (Å²) in [6.45, 7) is 2.72. The van der Waals surface area contributed by atoms with Crippen LogP contribution in [0.1, 0.15) is 10.4 Å². The summed E-state index contributed by atoms with van der Waals surface area (Å²) in [6, 6.07) is 22.4. The molecule has 34 heavy (non-hydrogen) atoms. The standard InChI is InChI=1S/C26H25N3O5/c30-25(17-32-20-10-11-23-24(16-20)34-18-33-23)27-22-9-5-4-8-21(22)26(31)29-14-12-28(13-15-29)19-6-2-1-3-7-19/h1-11,16H,12-15,17-18H2,(H,27,30). The zero-order valence-corrected chi connectivity index (χ0v) is 18.6. The van der Waals surface area contributed by atoms with E-state index in [0.29, 0.717) is 41.6 Å².